The molecule has 0 saturated heterocycles. The third-order valence-electron chi connectivity index (χ3n) is 4.96. The largest absolute Gasteiger partial charge is 0.466 e. The summed E-state index contributed by atoms with van der Waals surface area (Å²) in [5, 5.41) is 12.3. The minimum atomic E-state index is -0.556. The molecule has 0 bridgehead atoms. The highest BCUT2D eigenvalue weighted by atomic mass is 16.5. The topological polar surface area (TPSA) is 78.9 Å². The van der Waals surface area contributed by atoms with Gasteiger partial charge in [-0.15, -0.1) is 0 Å². The summed E-state index contributed by atoms with van der Waals surface area (Å²) in [7, 11) is 1.29. The Bertz CT molecular complexity index is 949. The molecule has 146 valence electrons. The first-order valence-electron chi connectivity index (χ1n) is 9.11. The molecule has 0 atom stereocenters. The number of nitrogens with one attached hydrogen (secondary N) is 1. The number of aliphatic hydroxyl groups excluding tert-OH is 1. The second-order valence-electron chi connectivity index (χ2n) is 6.77. The predicted molar refractivity (Wildman–Crippen MR) is 108 cm³/mol. The number of carbonyl (C=O) groups is 2. The fraction of sp³-hybridized carbons (Fsp3) is 0.273. The fourth-order valence-electron chi connectivity index (χ4n) is 3.24. The number of benzene rings is 2. The highest BCUT2D eigenvalue weighted by molar-refractivity contribution is 6.09. The zero-order valence-corrected chi connectivity index (χ0v) is 16.3. The zero-order chi connectivity index (χ0) is 20.3. The van der Waals surface area contributed by atoms with Crippen molar-refractivity contribution in [3.8, 4) is 11.1 Å². The van der Waals surface area contributed by atoms with Crippen LogP contribution in [0, 0.1) is 13.8 Å². The molecule has 0 fully saturated rings. The molecule has 1 heterocycles. The van der Waals surface area contributed by atoms with Crippen molar-refractivity contribution in [2.75, 3.05) is 32.1 Å². The van der Waals surface area contributed by atoms with Gasteiger partial charge in [-0.1, -0.05) is 36.4 Å². The molecule has 2 aromatic rings. The van der Waals surface area contributed by atoms with Gasteiger partial charge in [-0.05, 0) is 36.6 Å². The third-order valence-corrected chi connectivity index (χ3v) is 4.96. The summed E-state index contributed by atoms with van der Waals surface area (Å²) in [4.78, 5) is 26.4. The number of carbonyl (C=O) groups excluding carboxylic acids is 2. The van der Waals surface area contributed by atoms with E-state index in [1.54, 1.807) is 0 Å². The van der Waals surface area contributed by atoms with Gasteiger partial charge in [-0.3, -0.25) is 4.79 Å². The van der Waals surface area contributed by atoms with Gasteiger partial charge in [-0.2, -0.15) is 0 Å². The lowest BCUT2D eigenvalue weighted by atomic mass is 9.99. The number of ether oxygens (including phenoxy) is 1. The van der Waals surface area contributed by atoms with E-state index >= 15 is 0 Å². The van der Waals surface area contributed by atoms with Crippen LogP contribution in [0.5, 0.6) is 0 Å². The van der Waals surface area contributed by atoms with Crippen LogP contribution >= 0.6 is 0 Å². The number of β-amino-alcohol motifs (C(OH)–C–C–N with tert-alkyl or cyclic N) is 1. The lowest BCUT2D eigenvalue weighted by molar-refractivity contribution is -0.136. The SMILES string of the molecule is COC(=O)C1=C(Nc2ccccc2-c2ccc(C)c(C)c2)C(=O)N(CCO)C1. The summed E-state index contributed by atoms with van der Waals surface area (Å²) >= 11 is 0. The van der Waals surface area contributed by atoms with Crippen molar-refractivity contribution < 1.29 is 19.4 Å². The van der Waals surface area contributed by atoms with E-state index in [0.29, 0.717) is 0 Å². The van der Waals surface area contributed by atoms with Crippen molar-refractivity contribution in [3.63, 3.8) is 0 Å². The van der Waals surface area contributed by atoms with Crippen molar-refractivity contribution >= 4 is 17.6 Å². The van der Waals surface area contributed by atoms with E-state index in [9.17, 15) is 14.7 Å². The summed E-state index contributed by atoms with van der Waals surface area (Å²) in [6.07, 6.45) is 0. The maximum Gasteiger partial charge on any atom is 0.337 e. The number of para-hydroxylation sites is 1. The number of hydrogen-bond acceptors (Lipinski definition) is 5. The molecule has 2 N–H and O–H groups in total. The highest BCUT2D eigenvalue weighted by Gasteiger charge is 2.34. The average Bonchev–Trinajstić information content (AvgIpc) is 3.00. The van der Waals surface area contributed by atoms with E-state index in [0.717, 1.165) is 16.8 Å². The van der Waals surface area contributed by atoms with Gasteiger partial charge in [0.2, 0.25) is 0 Å². The van der Waals surface area contributed by atoms with Gasteiger partial charge in [0, 0.05) is 17.8 Å². The summed E-state index contributed by atoms with van der Waals surface area (Å²) < 4.78 is 4.84. The Morgan fingerprint density at radius 1 is 1.18 bits per heavy atom. The quantitative estimate of drug-likeness (QED) is 0.754. The van der Waals surface area contributed by atoms with E-state index in [1.807, 2.05) is 30.3 Å². The maximum atomic E-state index is 12.8. The number of rotatable bonds is 6. The molecule has 0 spiro atoms. The molecule has 28 heavy (non-hydrogen) atoms. The van der Waals surface area contributed by atoms with Crippen LogP contribution in [0.2, 0.25) is 0 Å². The molecule has 1 aliphatic rings. The van der Waals surface area contributed by atoms with Crippen LogP contribution in [0.3, 0.4) is 0 Å². The van der Waals surface area contributed by atoms with E-state index < -0.39 is 5.97 Å². The predicted octanol–water partition coefficient (Wildman–Crippen LogP) is 2.64. The smallest absolute Gasteiger partial charge is 0.337 e. The number of amides is 1. The molecule has 2 aromatic carbocycles. The lowest BCUT2D eigenvalue weighted by Gasteiger charge is -2.16. The van der Waals surface area contributed by atoms with Crippen molar-refractivity contribution in [3.05, 3.63) is 64.9 Å². The molecule has 0 radical (unpaired) electrons. The van der Waals surface area contributed by atoms with E-state index in [2.05, 4.69) is 31.3 Å². The van der Waals surface area contributed by atoms with Gasteiger partial charge in [0.1, 0.15) is 5.70 Å². The Hall–Kier alpha value is -3.12. The van der Waals surface area contributed by atoms with Gasteiger partial charge in [0.15, 0.2) is 0 Å². The van der Waals surface area contributed by atoms with Gasteiger partial charge >= 0.3 is 5.97 Å². The van der Waals surface area contributed by atoms with Crippen LogP contribution < -0.4 is 5.32 Å². The van der Waals surface area contributed by atoms with Crippen molar-refractivity contribution in [1.29, 1.82) is 0 Å². The highest BCUT2D eigenvalue weighted by Crippen LogP contribution is 2.32. The molecule has 0 aliphatic carbocycles. The molecule has 0 saturated carbocycles. The first-order valence-corrected chi connectivity index (χ1v) is 9.11. The number of aliphatic hydroxyl groups is 1. The average molecular weight is 380 g/mol. The van der Waals surface area contributed by atoms with Crippen LogP contribution in [-0.4, -0.2) is 48.7 Å². The Labute approximate surface area is 164 Å². The molecule has 6 nitrogen and oxygen atoms in total. The number of esters is 1. The maximum absolute atomic E-state index is 12.8. The van der Waals surface area contributed by atoms with Crippen molar-refractivity contribution in [2.45, 2.75) is 13.8 Å². The molecule has 0 aromatic heterocycles. The summed E-state index contributed by atoms with van der Waals surface area (Å²) in [5.41, 5.74) is 5.50. The monoisotopic (exact) mass is 380 g/mol. The molecule has 1 amide bonds. The van der Waals surface area contributed by atoms with Crippen LogP contribution in [0.1, 0.15) is 11.1 Å². The lowest BCUT2D eigenvalue weighted by Crippen LogP contribution is -2.31. The Morgan fingerprint density at radius 2 is 1.93 bits per heavy atom. The van der Waals surface area contributed by atoms with Gasteiger partial charge < -0.3 is 20.1 Å². The van der Waals surface area contributed by atoms with Gasteiger partial charge in [0.05, 0.1) is 25.8 Å². The molecule has 6 heteroatoms. The fourth-order valence-corrected chi connectivity index (χ4v) is 3.24. The van der Waals surface area contributed by atoms with Gasteiger partial charge in [0.25, 0.3) is 5.91 Å². The Balaban J connectivity index is 2.01. The number of aryl methyl sites for hydroxylation is 2. The van der Waals surface area contributed by atoms with Crippen LogP contribution in [-0.2, 0) is 14.3 Å². The van der Waals surface area contributed by atoms with E-state index in [-0.39, 0.29) is 36.9 Å². The molecular weight excluding hydrogens is 356 g/mol. The second kappa shape index (κ2) is 8.27. The van der Waals surface area contributed by atoms with Crippen molar-refractivity contribution in [2.24, 2.45) is 0 Å². The standard InChI is InChI=1S/C22H24N2O4/c1-14-8-9-16(12-15(14)2)17-6-4-5-7-19(17)23-20-18(22(27)28-3)13-24(10-11-25)21(20)26/h4-9,12,23,25H,10-11,13H2,1-3H3. The number of anilines is 1. The first-order chi connectivity index (χ1) is 13.5. The van der Waals surface area contributed by atoms with E-state index in [4.69, 9.17) is 4.74 Å². The molecule has 3 rings (SSSR count). The van der Waals surface area contributed by atoms with E-state index in [1.165, 1.54) is 23.1 Å². The summed E-state index contributed by atoms with van der Waals surface area (Å²) in [5.74, 6) is -0.885. The molecular formula is C22H24N2O4. The van der Waals surface area contributed by atoms with Crippen LogP contribution in [0.4, 0.5) is 5.69 Å². The Morgan fingerprint density at radius 3 is 2.61 bits per heavy atom. The normalized spacial score (nSPS) is 13.9. The summed E-state index contributed by atoms with van der Waals surface area (Å²) in [6, 6.07) is 13.8. The zero-order valence-electron chi connectivity index (χ0n) is 16.3. The Kier molecular flexibility index (Phi) is 5.80. The number of hydrogen-bond donors (Lipinski definition) is 2. The van der Waals surface area contributed by atoms with Crippen molar-refractivity contribution in [1.82, 2.24) is 4.90 Å². The molecule has 1 aliphatic heterocycles. The minimum Gasteiger partial charge on any atom is -0.466 e. The number of methoxy groups -OCH3 is 1. The number of nitrogens with zero attached hydrogens (tertiary/aromatic N) is 1. The minimum absolute atomic E-state index is 0.111. The first kappa shape index (κ1) is 19.6. The van der Waals surface area contributed by atoms with Crippen LogP contribution in [0.25, 0.3) is 11.1 Å². The van der Waals surface area contributed by atoms with Crippen LogP contribution in [0.15, 0.2) is 53.7 Å². The summed E-state index contributed by atoms with van der Waals surface area (Å²) in [6.45, 7) is 4.21. The molecule has 0 unspecified atom stereocenters. The third kappa shape index (κ3) is 3.77. The van der Waals surface area contributed by atoms with Gasteiger partial charge in [-0.25, -0.2) is 4.79 Å². The second-order valence-corrected chi connectivity index (χ2v) is 6.77.